The van der Waals surface area contributed by atoms with Gasteiger partial charge in [0.1, 0.15) is 28.5 Å². The minimum atomic E-state index is -0.307. The summed E-state index contributed by atoms with van der Waals surface area (Å²) in [6, 6.07) is 10.5. The Balaban J connectivity index is 1.55. The fraction of sp³-hybridized carbons (Fsp3) is 0. The molecule has 1 saturated heterocycles. The van der Waals surface area contributed by atoms with E-state index in [1.807, 2.05) is 6.07 Å². The van der Waals surface area contributed by atoms with Crippen molar-refractivity contribution in [3.05, 3.63) is 65.3 Å². The van der Waals surface area contributed by atoms with Crippen LogP contribution in [-0.4, -0.2) is 31.0 Å². The van der Waals surface area contributed by atoms with E-state index in [1.165, 1.54) is 29.1 Å². The van der Waals surface area contributed by atoms with E-state index < -0.39 is 0 Å². The first-order valence-corrected chi connectivity index (χ1v) is 8.92. The molecule has 8 nitrogen and oxygen atoms in total. The fourth-order valence-electron chi connectivity index (χ4n) is 2.39. The number of rotatable bonds is 4. The quantitative estimate of drug-likeness (QED) is 0.515. The second-order valence-electron chi connectivity index (χ2n) is 5.45. The molecule has 0 atom stereocenters. The van der Waals surface area contributed by atoms with Gasteiger partial charge in [0.2, 0.25) is 0 Å². The van der Waals surface area contributed by atoms with Crippen LogP contribution in [0.3, 0.4) is 0 Å². The second-order valence-corrected chi connectivity index (χ2v) is 7.16. The van der Waals surface area contributed by atoms with Gasteiger partial charge < -0.3 is 9.73 Å². The summed E-state index contributed by atoms with van der Waals surface area (Å²) in [4.78, 5) is 24.5. The Hall–Kier alpha value is -3.24. The number of furan rings is 1. The van der Waals surface area contributed by atoms with E-state index in [1.54, 1.807) is 36.4 Å². The highest BCUT2D eigenvalue weighted by Gasteiger charge is 2.22. The summed E-state index contributed by atoms with van der Waals surface area (Å²) in [5, 5.41) is 9.81. The Morgan fingerprint density at radius 3 is 2.81 bits per heavy atom. The highest BCUT2D eigenvalue weighted by Crippen LogP contribution is 2.29. The number of carbonyl (C=O) groups is 2. The van der Waals surface area contributed by atoms with Crippen molar-refractivity contribution < 1.29 is 14.0 Å². The van der Waals surface area contributed by atoms with E-state index in [-0.39, 0.29) is 11.8 Å². The molecule has 10 heteroatoms. The molecule has 3 aromatic rings. The van der Waals surface area contributed by atoms with Crippen molar-refractivity contribution in [3.8, 4) is 11.3 Å². The molecule has 134 valence electrons. The zero-order chi connectivity index (χ0) is 18.8. The van der Waals surface area contributed by atoms with E-state index in [9.17, 15) is 9.59 Å². The number of benzene rings is 1. The minimum Gasteiger partial charge on any atom is -0.457 e. The molecular weight excluding hydrogens is 386 g/mol. The van der Waals surface area contributed by atoms with Gasteiger partial charge in [0.05, 0.1) is 4.91 Å². The van der Waals surface area contributed by atoms with Crippen molar-refractivity contribution in [2.45, 2.75) is 0 Å². The van der Waals surface area contributed by atoms with Crippen LogP contribution in [0.25, 0.3) is 17.4 Å². The van der Waals surface area contributed by atoms with E-state index in [4.69, 9.17) is 16.6 Å². The number of thiocarbonyl (C=S) groups is 1. The van der Waals surface area contributed by atoms with E-state index in [0.717, 1.165) is 5.56 Å². The zero-order valence-corrected chi connectivity index (χ0v) is 15.2. The van der Waals surface area contributed by atoms with Crippen LogP contribution in [0.15, 0.2) is 58.4 Å². The Kier molecular flexibility index (Phi) is 4.57. The predicted molar refractivity (Wildman–Crippen MR) is 104 cm³/mol. The molecule has 0 unspecified atom stereocenters. The molecule has 27 heavy (non-hydrogen) atoms. The number of hydrogen-bond acceptors (Lipinski definition) is 7. The maximum absolute atomic E-state index is 12.3. The maximum Gasteiger partial charge on any atom is 0.270 e. The molecule has 0 saturated carbocycles. The number of nitrogens with one attached hydrogen (secondary N) is 2. The summed E-state index contributed by atoms with van der Waals surface area (Å²) in [5.74, 6) is 0.548. The molecule has 3 heterocycles. The summed E-state index contributed by atoms with van der Waals surface area (Å²) in [6.45, 7) is 0. The van der Waals surface area contributed by atoms with Crippen LogP contribution in [0.4, 0.5) is 0 Å². The van der Waals surface area contributed by atoms with E-state index in [2.05, 4.69) is 20.9 Å². The number of nitrogens with zero attached hydrogens (tertiary/aromatic N) is 3. The van der Waals surface area contributed by atoms with Crippen LogP contribution in [0.5, 0.6) is 0 Å². The SMILES string of the molecule is O=C1NC(=S)S/C1=C/c1ccc(-c2cccc(C(=O)Nn3cnnc3)c2)o1. The number of thioether (sulfide) groups is 1. The van der Waals surface area contributed by atoms with Crippen LogP contribution < -0.4 is 10.7 Å². The zero-order valence-electron chi connectivity index (χ0n) is 13.6. The standard InChI is InChI=1S/C17H11N5O3S2/c23-15(21-22-8-18-19-9-22)11-3-1-2-10(6-11)13-5-4-12(25-13)7-14-16(24)20-17(26)27-14/h1-9H,(H,21,23)(H,20,24,26)/b14-7+. The average Bonchev–Trinajstić information content (AvgIpc) is 3.38. The van der Waals surface area contributed by atoms with Gasteiger partial charge in [0.15, 0.2) is 0 Å². The lowest BCUT2D eigenvalue weighted by atomic mass is 10.1. The molecule has 2 aromatic heterocycles. The maximum atomic E-state index is 12.3. The van der Waals surface area contributed by atoms with Crippen molar-refractivity contribution in [2.75, 3.05) is 5.43 Å². The molecule has 0 radical (unpaired) electrons. The largest absolute Gasteiger partial charge is 0.457 e. The first kappa shape index (κ1) is 17.2. The van der Waals surface area contributed by atoms with Gasteiger partial charge in [-0.2, -0.15) is 0 Å². The normalized spacial score (nSPS) is 15.2. The van der Waals surface area contributed by atoms with Gasteiger partial charge >= 0.3 is 0 Å². The summed E-state index contributed by atoms with van der Waals surface area (Å²) in [6.07, 6.45) is 4.40. The van der Waals surface area contributed by atoms with Crippen molar-refractivity contribution in [3.63, 3.8) is 0 Å². The third-order valence-electron chi connectivity index (χ3n) is 3.60. The summed E-state index contributed by atoms with van der Waals surface area (Å²) in [5.41, 5.74) is 3.82. The Bertz CT molecular complexity index is 1070. The van der Waals surface area contributed by atoms with Gasteiger partial charge in [-0.25, -0.2) is 4.68 Å². The van der Waals surface area contributed by atoms with Gasteiger partial charge in [-0.3, -0.25) is 15.0 Å². The van der Waals surface area contributed by atoms with E-state index >= 15 is 0 Å². The third-order valence-corrected chi connectivity index (χ3v) is 4.76. The van der Waals surface area contributed by atoms with Crippen LogP contribution in [0, 0.1) is 0 Å². The van der Waals surface area contributed by atoms with Gasteiger partial charge in [-0.1, -0.05) is 36.1 Å². The van der Waals surface area contributed by atoms with Crippen molar-refractivity contribution in [2.24, 2.45) is 0 Å². The van der Waals surface area contributed by atoms with Gasteiger partial charge in [0.25, 0.3) is 11.8 Å². The molecule has 0 spiro atoms. The molecule has 1 fully saturated rings. The van der Waals surface area contributed by atoms with Crippen LogP contribution >= 0.6 is 24.0 Å². The molecular formula is C17H11N5O3S2. The highest BCUT2D eigenvalue weighted by molar-refractivity contribution is 8.26. The lowest BCUT2D eigenvalue weighted by Crippen LogP contribution is -2.21. The van der Waals surface area contributed by atoms with Crippen molar-refractivity contribution in [1.82, 2.24) is 20.2 Å². The predicted octanol–water partition coefficient (Wildman–Crippen LogP) is 2.41. The van der Waals surface area contributed by atoms with Crippen LogP contribution in [-0.2, 0) is 4.79 Å². The van der Waals surface area contributed by atoms with Crippen LogP contribution in [0.1, 0.15) is 16.1 Å². The molecule has 2 N–H and O–H groups in total. The van der Waals surface area contributed by atoms with Crippen molar-refractivity contribution >= 4 is 46.2 Å². The lowest BCUT2D eigenvalue weighted by molar-refractivity contribution is -0.115. The topological polar surface area (TPSA) is 102 Å². The summed E-state index contributed by atoms with van der Waals surface area (Å²) in [7, 11) is 0. The smallest absolute Gasteiger partial charge is 0.270 e. The van der Waals surface area contributed by atoms with Gasteiger partial charge in [-0.15, -0.1) is 10.2 Å². The first-order valence-electron chi connectivity index (χ1n) is 7.69. The monoisotopic (exact) mass is 397 g/mol. The summed E-state index contributed by atoms with van der Waals surface area (Å²) < 4.78 is 7.57. The Morgan fingerprint density at radius 2 is 2.07 bits per heavy atom. The third kappa shape index (κ3) is 3.81. The van der Waals surface area contributed by atoms with Crippen LogP contribution in [0.2, 0.25) is 0 Å². The second kappa shape index (κ2) is 7.17. The lowest BCUT2D eigenvalue weighted by Gasteiger charge is -2.05. The van der Waals surface area contributed by atoms with Gasteiger partial charge in [-0.05, 0) is 24.3 Å². The molecule has 2 amide bonds. The number of amides is 2. The average molecular weight is 397 g/mol. The molecule has 1 aliphatic rings. The molecule has 4 rings (SSSR count). The first-order chi connectivity index (χ1) is 13.1. The van der Waals surface area contributed by atoms with Gasteiger partial charge in [0, 0.05) is 17.2 Å². The van der Waals surface area contributed by atoms with E-state index in [0.29, 0.717) is 26.3 Å². The molecule has 1 aromatic carbocycles. The molecule has 0 bridgehead atoms. The Labute approximate surface area is 162 Å². The fourth-order valence-corrected chi connectivity index (χ4v) is 3.41. The highest BCUT2D eigenvalue weighted by atomic mass is 32.2. The van der Waals surface area contributed by atoms with Crippen molar-refractivity contribution in [1.29, 1.82) is 0 Å². The summed E-state index contributed by atoms with van der Waals surface area (Å²) >= 11 is 6.15. The number of hydrogen-bond donors (Lipinski definition) is 2. The molecule has 1 aliphatic heterocycles. The minimum absolute atomic E-state index is 0.240. The number of carbonyl (C=O) groups excluding carboxylic acids is 2. The number of aromatic nitrogens is 3. The molecule has 0 aliphatic carbocycles. The Morgan fingerprint density at radius 1 is 1.26 bits per heavy atom.